The van der Waals surface area contributed by atoms with Crippen LogP contribution in [0.25, 0.3) is 0 Å². The fourth-order valence-corrected chi connectivity index (χ4v) is 1.03. The Morgan fingerprint density at radius 1 is 1.29 bits per heavy atom. The molecule has 86 valence electrons. The second-order valence-electron chi connectivity index (χ2n) is 3.14. The number of aliphatic hydroxyl groups is 3. The van der Waals surface area contributed by atoms with E-state index in [-0.39, 0.29) is 0 Å². The largest absolute Gasteiger partial charge is 0.394 e. The van der Waals surface area contributed by atoms with Gasteiger partial charge in [0.2, 0.25) is 0 Å². The van der Waals surface area contributed by atoms with Gasteiger partial charge < -0.3 is 20.1 Å². The average molecular weight is 210 g/mol. The average Bonchev–Trinajstić information content (AvgIpc) is 2.22. The molecule has 0 aromatic heterocycles. The van der Waals surface area contributed by atoms with E-state index < -0.39 is 31.6 Å². The smallest absolute Gasteiger partial charge is 0.152 e. The van der Waals surface area contributed by atoms with Crippen molar-refractivity contribution < 1.29 is 24.4 Å². The second kappa shape index (κ2) is 8.11. The van der Waals surface area contributed by atoms with E-state index in [0.29, 0.717) is 6.61 Å². The van der Waals surface area contributed by atoms with E-state index >= 15 is 0 Å². The minimum atomic E-state index is -1.66. The maximum absolute atomic E-state index is 13.0. The second-order valence-corrected chi connectivity index (χ2v) is 3.14. The molecule has 0 spiro atoms. The molecule has 14 heavy (non-hydrogen) atoms. The highest BCUT2D eigenvalue weighted by Crippen LogP contribution is 2.09. The zero-order valence-electron chi connectivity index (χ0n) is 8.40. The summed E-state index contributed by atoms with van der Waals surface area (Å²) < 4.78 is 18.1. The predicted octanol–water partition coefficient (Wildman–Crippen LogP) is -0.145. The summed E-state index contributed by atoms with van der Waals surface area (Å²) in [6.07, 6.45) is -2.43. The van der Waals surface area contributed by atoms with Gasteiger partial charge in [-0.2, -0.15) is 0 Å². The SMILES string of the molecule is CCCCO[C@H](C(O)CO)[C@@H](F)CO. The lowest BCUT2D eigenvalue weighted by atomic mass is 10.1. The van der Waals surface area contributed by atoms with Gasteiger partial charge in [0.1, 0.15) is 12.2 Å². The molecule has 0 saturated carbocycles. The maximum atomic E-state index is 13.0. The van der Waals surface area contributed by atoms with E-state index in [0.717, 1.165) is 12.8 Å². The van der Waals surface area contributed by atoms with Gasteiger partial charge in [-0.1, -0.05) is 13.3 Å². The standard InChI is InChI=1S/C9H19FO4/c1-2-3-4-14-9(7(10)5-11)8(13)6-12/h7-9,11-13H,2-6H2,1H3/t7-,8?,9-/m0/s1. The molecule has 3 N–H and O–H groups in total. The molecule has 0 aliphatic rings. The number of aliphatic hydroxyl groups excluding tert-OH is 3. The summed E-state index contributed by atoms with van der Waals surface area (Å²) in [7, 11) is 0. The molecule has 3 atom stereocenters. The van der Waals surface area contributed by atoms with Crippen molar-refractivity contribution in [2.24, 2.45) is 0 Å². The van der Waals surface area contributed by atoms with Crippen molar-refractivity contribution in [3.63, 3.8) is 0 Å². The maximum Gasteiger partial charge on any atom is 0.152 e. The van der Waals surface area contributed by atoms with Gasteiger partial charge in [-0.05, 0) is 6.42 Å². The third-order valence-electron chi connectivity index (χ3n) is 1.91. The molecule has 0 amide bonds. The van der Waals surface area contributed by atoms with Gasteiger partial charge in [0.15, 0.2) is 6.17 Å². The van der Waals surface area contributed by atoms with Crippen LogP contribution in [-0.2, 0) is 4.74 Å². The van der Waals surface area contributed by atoms with E-state index in [1.807, 2.05) is 6.92 Å². The lowest BCUT2D eigenvalue weighted by molar-refractivity contribution is -0.101. The molecule has 5 heteroatoms. The molecule has 0 aromatic rings. The van der Waals surface area contributed by atoms with Crippen molar-refractivity contribution >= 4 is 0 Å². The summed E-state index contributed by atoms with van der Waals surface area (Å²) in [6, 6.07) is 0. The third-order valence-corrected chi connectivity index (χ3v) is 1.91. The Morgan fingerprint density at radius 3 is 2.36 bits per heavy atom. The minimum Gasteiger partial charge on any atom is -0.394 e. The van der Waals surface area contributed by atoms with Gasteiger partial charge >= 0.3 is 0 Å². The summed E-state index contributed by atoms with van der Waals surface area (Å²) in [5.74, 6) is 0. The predicted molar refractivity (Wildman–Crippen MR) is 49.7 cm³/mol. The Kier molecular flexibility index (Phi) is 7.98. The molecule has 0 heterocycles. The van der Waals surface area contributed by atoms with Crippen molar-refractivity contribution in [2.75, 3.05) is 19.8 Å². The topological polar surface area (TPSA) is 69.9 Å². The summed E-state index contributed by atoms with van der Waals surface area (Å²) in [5, 5.41) is 26.4. The molecule has 0 aromatic carbocycles. The number of hydrogen-bond donors (Lipinski definition) is 3. The Bertz CT molecular complexity index is 124. The van der Waals surface area contributed by atoms with Gasteiger partial charge in [-0.25, -0.2) is 4.39 Å². The highest BCUT2D eigenvalue weighted by molar-refractivity contribution is 4.76. The lowest BCUT2D eigenvalue weighted by Crippen LogP contribution is -2.41. The summed E-state index contributed by atoms with van der Waals surface area (Å²) >= 11 is 0. The fourth-order valence-electron chi connectivity index (χ4n) is 1.03. The van der Waals surface area contributed by atoms with Crippen molar-refractivity contribution in [1.29, 1.82) is 0 Å². The van der Waals surface area contributed by atoms with E-state index in [2.05, 4.69) is 0 Å². The zero-order chi connectivity index (χ0) is 11.0. The first-order valence-electron chi connectivity index (χ1n) is 4.82. The number of ether oxygens (including phenoxy) is 1. The quantitative estimate of drug-likeness (QED) is 0.487. The van der Waals surface area contributed by atoms with Crippen molar-refractivity contribution in [2.45, 2.75) is 38.1 Å². The lowest BCUT2D eigenvalue weighted by Gasteiger charge is -2.24. The fraction of sp³-hybridized carbons (Fsp3) is 1.00. The van der Waals surface area contributed by atoms with E-state index in [1.54, 1.807) is 0 Å². The number of rotatable bonds is 8. The van der Waals surface area contributed by atoms with Crippen molar-refractivity contribution in [1.82, 2.24) is 0 Å². The monoisotopic (exact) mass is 210 g/mol. The van der Waals surface area contributed by atoms with Crippen molar-refractivity contribution in [3.8, 4) is 0 Å². The molecule has 1 unspecified atom stereocenters. The summed E-state index contributed by atoms with van der Waals surface area (Å²) in [5.41, 5.74) is 0. The molecule has 0 rings (SSSR count). The number of unbranched alkanes of at least 4 members (excludes halogenated alkanes) is 1. The van der Waals surface area contributed by atoms with Gasteiger partial charge in [0.25, 0.3) is 0 Å². The molecule has 0 saturated heterocycles. The van der Waals surface area contributed by atoms with Gasteiger partial charge in [0.05, 0.1) is 13.2 Å². The Morgan fingerprint density at radius 2 is 1.93 bits per heavy atom. The molecule has 0 aliphatic carbocycles. The molecular weight excluding hydrogens is 191 g/mol. The first-order chi connectivity index (χ1) is 6.67. The van der Waals surface area contributed by atoms with E-state index in [4.69, 9.17) is 14.9 Å². The van der Waals surface area contributed by atoms with E-state index in [9.17, 15) is 9.50 Å². The van der Waals surface area contributed by atoms with Crippen molar-refractivity contribution in [3.05, 3.63) is 0 Å². The number of hydrogen-bond acceptors (Lipinski definition) is 4. The van der Waals surface area contributed by atoms with Crippen LogP contribution in [0.15, 0.2) is 0 Å². The van der Waals surface area contributed by atoms with Crippen LogP contribution in [0.5, 0.6) is 0 Å². The van der Waals surface area contributed by atoms with Gasteiger partial charge in [-0.3, -0.25) is 0 Å². The number of alkyl halides is 1. The molecule has 4 nitrogen and oxygen atoms in total. The van der Waals surface area contributed by atoms with Gasteiger partial charge in [0, 0.05) is 6.61 Å². The number of halogens is 1. The van der Waals surface area contributed by atoms with Crippen LogP contribution < -0.4 is 0 Å². The Balaban J connectivity index is 3.97. The highest BCUT2D eigenvalue weighted by atomic mass is 19.1. The van der Waals surface area contributed by atoms with Crippen LogP contribution in [0.2, 0.25) is 0 Å². The Labute approximate surface area is 83.3 Å². The first kappa shape index (κ1) is 13.8. The normalized spacial score (nSPS) is 17.8. The Hall–Kier alpha value is -0.230. The minimum absolute atomic E-state index is 0.318. The summed E-state index contributed by atoms with van der Waals surface area (Å²) in [6.45, 7) is 0.990. The van der Waals surface area contributed by atoms with Gasteiger partial charge in [-0.15, -0.1) is 0 Å². The molecule has 0 radical (unpaired) electrons. The van der Waals surface area contributed by atoms with Crippen LogP contribution >= 0.6 is 0 Å². The molecule has 0 aliphatic heterocycles. The molecular formula is C9H19FO4. The van der Waals surface area contributed by atoms with Crippen LogP contribution in [0, 0.1) is 0 Å². The van der Waals surface area contributed by atoms with Crippen LogP contribution in [0.4, 0.5) is 4.39 Å². The van der Waals surface area contributed by atoms with Crippen LogP contribution in [-0.4, -0.2) is 53.5 Å². The summed E-state index contributed by atoms with van der Waals surface area (Å²) in [4.78, 5) is 0. The van der Waals surface area contributed by atoms with Crippen LogP contribution in [0.1, 0.15) is 19.8 Å². The zero-order valence-corrected chi connectivity index (χ0v) is 8.40. The highest BCUT2D eigenvalue weighted by Gasteiger charge is 2.28. The molecule has 0 fully saturated rings. The van der Waals surface area contributed by atoms with Crippen LogP contribution in [0.3, 0.4) is 0 Å². The van der Waals surface area contributed by atoms with E-state index in [1.165, 1.54) is 0 Å². The first-order valence-corrected chi connectivity index (χ1v) is 4.82. The molecule has 0 bridgehead atoms. The third kappa shape index (κ3) is 4.85.